The zero-order valence-corrected chi connectivity index (χ0v) is 14.1. The molecular formula is C19H18N2O4. The van der Waals surface area contributed by atoms with Gasteiger partial charge in [0.25, 0.3) is 0 Å². The van der Waals surface area contributed by atoms with Gasteiger partial charge in [0.1, 0.15) is 17.1 Å². The number of nitrogens with zero attached hydrogens (tertiary/aromatic N) is 2. The summed E-state index contributed by atoms with van der Waals surface area (Å²) >= 11 is 0. The Morgan fingerprint density at radius 1 is 1.08 bits per heavy atom. The van der Waals surface area contributed by atoms with E-state index in [1.165, 1.54) is 6.92 Å². The van der Waals surface area contributed by atoms with Crippen LogP contribution in [0.5, 0.6) is 5.75 Å². The van der Waals surface area contributed by atoms with Crippen LogP contribution >= 0.6 is 0 Å². The Balaban J connectivity index is 1.73. The Morgan fingerprint density at radius 2 is 1.84 bits per heavy atom. The van der Waals surface area contributed by atoms with Crippen molar-refractivity contribution in [3.63, 3.8) is 0 Å². The molecule has 1 aromatic carbocycles. The van der Waals surface area contributed by atoms with Crippen LogP contribution in [0.1, 0.15) is 33.3 Å². The van der Waals surface area contributed by atoms with Gasteiger partial charge in [0.05, 0.1) is 0 Å². The van der Waals surface area contributed by atoms with Gasteiger partial charge in [-0.15, -0.1) is 0 Å². The quantitative estimate of drug-likeness (QED) is 0.489. The summed E-state index contributed by atoms with van der Waals surface area (Å²) in [6, 6.07) is 10.6. The third kappa shape index (κ3) is 3.92. The van der Waals surface area contributed by atoms with Crippen LogP contribution in [-0.4, -0.2) is 34.9 Å². The van der Waals surface area contributed by atoms with Crippen LogP contribution in [0.4, 0.5) is 0 Å². The lowest BCUT2D eigenvalue weighted by Crippen LogP contribution is -2.05. The number of hydrogen-bond donors (Lipinski definition) is 0. The second-order valence-electron chi connectivity index (χ2n) is 5.66. The fourth-order valence-corrected chi connectivity index (χ4v) is 2.46. The highest BCUT2D eigenvalue weighted by atomic mass is 16.7. The highest BCUT2D eigenvalue weighted by molar-refractivity contribution is 5.97. The SMILES string of the molecule is COCOc1ccc(C(=O)Cc2ccc3nc(C(C)=O)cn3c2)cc1. The molecule has 3 aromatic rings. The number of imidazole rings is 1. The molecule has 6 nitrogen and oxygen atoms in total. The maximum absolute atomic E-state index is 12.4. The normalized spacial score (nSPS) is 10.8. The maximum Gasteiger partial charge on any atom is 0.188 e. The first-order valence-electron chi connectivity index (χ1n) is 7.80. The van der Waals surface area contributed by atoms with Gasteiger partial charge in [-0.1, -0.05) is 6.07 Å². The number of pyridine rings is 1. The zero-order chi connectivity index (χ0) is 17.8. The van der Waals surface area contributed by atoms with Crippen molar-refractivity contribution in [1.29, 1.82) is 0 Å². The molecule has 2 heterocycles. The molecular weight excluding hydrogens is 320 g/mol. The monoisotopic (exact) mass is 338 g/mol. The summed E-state index contributed by atoms with van der Waals surface area (Å²) in [6.45, 7) is 1.65. The molecule has 0 unspecified atom stereocenters. The summed E-state index contributed by atoms with van der Waals surface area (Å²) in [7, 11) is 1.55. The van der Waals surface area contributed by atoms with E-state index in [9.17, 15) is 9.59 Å². The first kappa shape index (κ1) is 16.9. The lowest BCUT2D eigenvalue weighted by molar-refractivity contribution is 0.0511. The van der Waals surface area contributed by atoms with Gasteiger partial charge in [-0.05, 0) is 35.9 Å². The van der Waals surface area contributed by atoms with E-state index in [1.807, 2.05) is 12.3 Å². The van der Waals surface area contributed by atoms with Crippen LogP contribution in [0, 0.1) is 0 Å². The minimum Gasteiger partial charge on any atom is -0.468 e. The van der Waals surface area contributed by atoms with Crippen LogP contribution in [0.25, 0.3) is 5.65 Å². The molecule has 0 bridgehead atoms. The molecule has 0 N–H and O–H groups in total. The van der Waals surface area contributed by atoms with E-state index in [-0.39, 0.29) is 24.8 Å². The third-order valence-electron chi connectivity index (χ3n) is 3.76. The van der Waals surface area contributed by atoms with Gasteiger partial charge < -0.3 is 13.9 Å². The summed E-state index contributed by atoms with van der Waals surface area (Å²) in [4.78, 5) is 28.1. The molecule has 0 atom stereocenters. The molecule has 0 aliphatic heterocycles. The standard InChI is InChI=1S/C19H18N2O4/c1-13(22)17-11-21-10-14(3-8-19(21)20-17)9-18(23)15-4-6-16(7-5-15)25-12-24-2/h3-8,10-11H,9,12H2,1-2H3. The van der Waals surface area contributed by atoms with Gasteiger partial charge in [-0.25, -0.2) is 4.98 Å². The molecule has 128 valence electrons. The van der Waals surface area contributed by atoms with E-state index >= 15 is 0 Å². The van der Waals surface area contributed by atoms with Crippen molar-refractivity contribution in [2.45, 2.75) is 13.3 Å². The number of fused-ring (bicyclic) bond motifs is 1. The lowest BCUT2D eigenvalue weighted by atomic mass is 10.0. The van der Waals surface area contributed by atoms with Crippen molar-refractivity contribution in [3.05, 3.63) is 65.6 Å². The number of ether oxygens (including phenoxy) is 2. The van der Waals surface area contributed by atoms with Crippen molar-refractivity contribution < 1.29 is 19.1 Å². The van der Waals surface area contributed by atoms with Crippen LogP contribution in [0.2, 0.25) is 0 Å². The third-order valence-corrected chi connectivity index (χ3v) is 3.76. The second-order valence-corrected chi connectivity index (χ2v) is 5.66. The average molecular weight is 338 g/mol. The summed E-state index contributed by atoms with van der Waals surface area (Å²) in [5, 5.41) is 0. The van der Waals surface area contributed by atoms with Crippen molar-refractivity contribution in [2.24, 2.45) is 0 Å². The molecule has 0 amide bonds. The number of aromatic nitrogens is 2. The molecule has 0 aliphatic carbocycles. The first-order chi connectivity index (χ1) is 12.1. The molecule has 0 saturated heterocycles. The van der Waals surface area contributed by atoms with Crippen LogP contribution < -0.4 is 4.74 Å². The lowest BCUT2D eigenvalue weighted by Gasteiger charge is -2.06. The minimum atomic E-state index is -0.0860. The number of benzene rings is 1. The number of carbonyl (C=O) groups excluding carboxylic acids is 2. The maximum atomic E-state index is 12.4. The first-order valence-corrected chi connectivity index (χ1v) is 7.80. The topological polar surface area (TPSA) is 69.9 Å². The van der Waals surface area contributed by atoms with Gasteiger partial charge in [0, 0.05) is 38.4 Å². The summed E-state index contributed by atoms with van der Waals surface area (Å²) in [6.07, 6.45) is 3.76. The van der Waals surface area contributed by atoms with Crippen molar-refractivity contribution in [3.8, 4) is 5.75 Å². The molecule has 6 heteroatoms. The molecule has 0 saturated carbocycles. The Morgan fingerprint density at radius 3 is 2.52 bits per heavy atom. The fourth-order valence-electron chi connectivity index (χ4n) is 2.46. The number of carbonyl (C=O) groups is 2. The van der Waals surface area contributed by atoms with E-state index in [1.54, 1.807) is 48.0 Å². The Kier molecular flexibility index (Phi) is 4.90. The Labute approximate surface area is 145 Å². The molecule has 3 rings (SSSR count). The predicted octanol–water partition coefficient (Wildman–Crippen LogP) is 2.95. The molecule has 0 radical (unpaired) electrons. The predicted molar refractivity (Wildman–Crippen MR) is 92.2 cm³/mol. The van der Waals surface area contributed by atoms with Gasteiger partial charge in [0.2, 0.25) is 0 Å². The highest BCUT2D eigenvalue weighted by Gasteiger charge is 2.10. The minimum absolute atomic E-state index is 0.00421. The van der Waals surface area contributed by atoms with Gasteiger partial charge in [-0.3, -0.25) is 9.59 Å². The van der Waals surface area contributed by atoms with E-state index in [4.69, 9.17) is 9.47 Å². The van der Waals surface area contributed by atoms with E-state index in [0.29, 0.717) is 22.7 Å². The largest absolute Gasteiger partial charge is 0.468 e. The van der Waals surface area contributed by atoms with Gasteiger partial charge in [-0.2, -0.15) is 0 Å². The second kappa shape index (κ2) is 7.27. The van der Waals surface area contributed by atoms with E-state index in [2.05, 4.69) is 4.98 Å². The van der Waals surface area contributed by atoms with Crippen molar-refractivity contribution >= 4 is 17.2 Å². The number of hydrogen-bond acceptors (Lipinski definition) is 5. The zero-order valence-electron chi connectivity index (χ0n) is 14.1. The van der Waals surface area contributed by atoms with Gasteiger partial charge >= 0.3 is 0 Å². The van der Waals surface area contributed by atoms with Crippen molar-refractivity contribution in [1.82, 2.24) is 9.38 Å². The summed E-state index contributed by atoms with van der Waals surface area (Å²) in [5.74, 6) is 0.566. The molecule has 0 fully saturated rings. The fraction of sp³-hybridized carbons (Fsp3) is 0.211. The Bertz CT molecular complexity index is 913. The van der Waals surface area contributed by atoms with Crippen LogP contribution in [-0.2, 0) is 11.2 Å². The number of Topliss-reactive ketones (excluding diaryl/α,β-unsaturated/α-hetero) is 2. The number of rotatable bonds is 7. The Hall–Kier alpha value is -2.99. The molecule has 25 heavy (non-hydrogen) atoms. The molecule has 2 aromatic heterocycles. The number of ketones is 2. The highest BCUT2D eigenvalue weighted by Crippen LogP contribution is 2.15. The molecule has 0 spiro atoms. The smallest absolute Gasteiger partial charge is 0.188 e. The number of methoxy groups -OCH3 is 1. The average Bonchev–Trinajstić information content (AvgIpc) is 3.04. The van der Waals surface area contributed by atoms with E-state index in [0.717, 1.165) is 5.56 Å². The van der Waals surface area contributed by atoms with Crippen molar-refractivity contribution in [2.75, 3.05) is 13.9 Å². The van der Waals surface area contributed by atoms with E-state index < -0.39 is 0 Å². The van der Waals surface area contributed by atoms with Gasteiger partial charge in [0.15, 0.2) is 18.4 Å². The van der Waals surface area contributed by atoms with Crippen LogP contribution in [0.3, 0.4) is 0 Å². The molecule has 0 aliphatic rings. The summed E-state index contributed by atoms with van der Waals surface area (Å²) < 4.78 is 11.9. The van der Waals surface area contributed by atoms with Crippen LogP contribution in [0.15, 0.2) is 48.8 Å². The summed E-state index contributed by atoms with van der Waals surface area (Å²) in [5.41, 5.74) is 2.56.